The SMILES string of the molecule is CC(=O)c1ccc(OCc2cc(C(=O)N(Cc3ccncc3)C[C@@H]3CCCO3)no2)cc1. The molecule has 1 aromatic carbocycles. The van der Waals surface area contributed by atoms with Gasteiger partial charge in [-0.15, -0.1) is 0 Å². The third-order valence-corrected chi connectivity index (χ3v) is 5.28. The van der Waals surface area contributed by atoms with Gasteiger partial charge in [0, 0.05) is 43.7 Å². The predicted molar refractivity (Wildman–Crippen MR) is 115 cm³/mol. The number of ketones is 1. The second-order valence-corrected chi connectivity index (χ2v) is 7.72. The molecule has 2 aromatic heterocycles. The van der Waals surface area contributed by atoms with Crippen molar-refractivity contribution in [2.75, 3.05) is 13.2 Å². The highest BCUT2D eigenvalue weighted by atomic mass is 16.5. The maximum absolute atomic E-state index is 13.2. The van der Waals surface area contributed by atoms with E-state index in [0.29, 0.717) is 30.2 Å². The molecular weight excluding hydrogens is 410 g/mol. The van der Waals surface area contributed by atoms with Crippen LogP contribution in [0.1, 0.15) is 51.9 Å². The molecule has 32 heavy (non-hydrogen) atoms. The van der Waals surface area contributed by atoms with Crippen LogP contribution in [-0.2, 0) is 17.9 Å². The molecule has 3 aromatic rings. The van der Waals surface area contributed by atoms with Gasteiger partial charge in [-0.3, -0.25) is 14.6 Å². The minimum Gasteiger partial charge on any atom is -0.486 e. The van der Waals surface area contributed by atoms with Gasteiger partial charge < -0.3 is 18.9 Å². The summed E-state index contributed by atoms with van der Waals surface area (Å²) in [6.07, 6.45) is 5.37. The van der Waals surface area contributed by atoms with Crippen molar-refractivity contribution in [2.24, 2.45) is 0 Å². The first-order valence-corrected chi connectivity index (χ1v) is 10.6. The van der Waals surface area contributed by atoms with E-state index in [0.717, 1.165) is 25.0 Å². The molecule has 0 aliphatic carbocycles. The van der Waals surface area contributed by atoms with Gasteiger partial charge in [-0.05, 0) is 61.7 Å². The maximum atomic E-state index is 13.2. The summed E-state index contributed by atoms with van der Waals surface area (Å²) in [5, 5.41) is 3.96. The first kappa shape index (κ1) is 21.7. The van der Waals surface area contributed by atoms with Gasteiger partial charge >= 0.3 is 0 Å². The van der Waals surface area contributed by atoms with Crippen LogP contribution in [0, 0.1) is 0 Å². The molecule has 3 heterocycles. The third kappa shape index (κ3) is 5.59. The molecule has 1 saturated heterocycles. The Bertz CT molecular complexity index is 1040. The van der Waals surface area contributed by atoms with Crippen molar-refractivity contribution in [1.82, 2.24) is 15.0 Å². The molecule has 8 nitrogen and oxygen atoms in total. The zero-order valence-corrected chi connectivity index (χ0v) is 17.9. The number of rotatable bonds is 9. The first-order chi connectivity index (χ1) is 15.6. The molecule has 1 aliphatic heterocycles. The van der Waals surface area contributed by atoms with Gasteiger partial charge in [0.1, 0.15) is 12.4 Å². The Morgan fingerprint density at radius 1 is 1.16 bits per heavy atom. The highest BCUT2D eigenvalue weighted by Gasteiger charge is 2.26. The van der Waals surface area contributed by atoms with E-state index in [-0.39, 0.29) is 30.1 Å². The summed E-state index contributed by atoms with van der Waals surface area (Å²) in [6, 6.07) is 12.2. The lowest BCUT2D eigenvalue weighted by Gasteiger charge is -2.24. The zero-order chi connectivity index (χ0) is 22.3. The van der Waals surface area contributed by atoms with Crippen LogP contribution in [0.15, 0.2) is 59.4 Å². The Balaban J connectivity index is 1.41. The van der Waals surface area contributed by atoms with E-state index in [1.54, 1.807) is 47.6 Å². The van der Waals surface area contributed by atoms with Gasteiger partial charge in [-0.2, -0.15) is 0 Å². The summed E-state index contributed by atoms with van der Waals surface area (Å²) < 4.78 is 16.7. The first-order valence-electron chi connectivity index (χ1n) is 10.6. The number of nitrogens with zero attached hydrogens (tertiary/aromatic N) is 3. The Kier molecular flexibility index (Phi) is 6.91. The van der Waals surface area contributed by atoms with E-state index < -0.39 is 0 Å². The van der Waals surface area contributed by atoms with E-state index in [4.69, 9.17) is 14.0 Å². The summed E-state index contributed by atoms with van der Waals surface area (Å²) in [5.41, 5.74) is 1.82. The minimum absolute atomic E-state index is 0.00531. The van der Waals surface area contributed by atoms with Gasteiger partial charge in [0.2, 0.25) is 0 Å². The summed E-state index contributed by atoms with van der Waals surface area (Å²) in [7, 11) is 0. The Labute approximate surface area is 186 Å². The molecule has 1 atom stereocenters. The molecule has 166 valence electrons. The van der Waals surface area contributed by atoms with E-state index in [1.807, 2.05) is 12.1 Å². The number of hydrogen-bond donors (Lipinski definition) is 0. The number of carbonyl (C=O) groups excluding carboxylic acids is 2. The van der Waals surface area contributed by atoms with Crippen LogP contribution >= 0.6 is 0 Å². The largest absolute Gasteiger partial charge is 0.486 e. The number of carbonyl (C=O) groups is 2. The maximum Gasteiger partial charge on any atom is 0.276 e. The fraction of sp³-hybridized carbons (Fsp3) is 0.333. The lowest BCUT2D eigenvalue weighted by atomic mass is 10.1. The zero-order valence-electron chi connectivity index (χ0n) is 17.9. The molecule has 1 aliphatic rings. The molecular formula is C24H25N3O5. The summed E-state index contributed by atoms with van der Waals surface area (Å²) in [6.45, 7) is 3.28. The Hall–Kier alpha value is -3.52. The Morgan fingerprint density at radius 3 is 2.62 bits per heavy atom. The van der Waals surface area contributed by atoms with E-state index in [9.17, 15) is 9.59 Å². The highest BCUT2D eigenvalue weighted by molar-refractivity contribution is 5.94. The van der Waals surface area contributed by atoms with Crippen LogP contribution in [0.25, 0.3) is 0 Å². The van der Waals surface area contributed by atoms with Crippen LogP contribution in [0.2, 0.25) is 0 Å². The molecule has 0 N–H and O–H groups in total. The average molecular weight is 435 g/mol. The monoisotopic (exact) mass is 435 g/mol. The van der Waals surface area contributed by atoms with Crippen molar-refractivity contribution in [3.63, 3.8) is 0 Å². The van der Waals surface area contributed by atoms with Crippen LogP contribution in [0.3, 0.4) is 0 Å². The molecule has 1 amide bonds. The second kappa shape index (κ2) is 10.2. The van der Waals surface area contributed by atoms with Crippen molar-refractivity contribution in [2.45, 2.75) is 39.0 Å². The van der Waals surface area contributed by atoms with E-state index >= 15 is 0 Å². The lowest BCUT2D eigenvalue weighted by Crippen LogP contribution is -2.37. The highest BCUT2D eigenvalue weighted by Crippen LogP contribution is 2.19. The minimum atomic E-state index is -0.224. The van der Waals surface area contributed by atoms with E-state index in [2.05, 4.69) is 10.1 Å². The van der Waals surface area contributed by atoms with Crippen LogP contribution in [-0.4, -0.2) is 46.0 Å². The number of benzene rings is 1. The van der Waals surface area contributed by atoms with Gasteiger partial charge in [-0.1, -0.05) is 5.16 Å². The topological polar surface area (TPSA) is 94.8 Å². The quantitative estimate of drug-likeness (QED) is 0.473. The predicted octanol–water partition coefficient (Wildman–Crippen LogP) is 3.67. The number of amides is 1. The van der Waals surface area contributed by atoms with Gasteiger partial charge in [0.25, 0.3) is 5.91 Å². The standard InChI is InChI=1S/C24H25N3O5/c1-17(28)19-4-6-20(7-5-19)31-16-22-13-23(26-32-22)24(29)27(15-21-3-2-12-30-21)14-18-8-10-25-11-9-18/h4-11,13,21H,2-3,12,14-16H2,1H3/t21-/m0/s1. The molecule has 0 radical (unpaired) electrons. The summed E-state index contributed by atoms with van der Waals surface area (Å²) in [5.74, 6) is 0.800. The number of aromatic nitrogens is 2. The summed E-state index contributed by atoms with van der Waals surface area (Å²) in [4.78, 5) is 30.3. The van der Waals surface area contributed by atoms with E-state index in [1.165, 1.54) is 6.92 Å². The smallest absolute Gasteiger partial charge is 0.276 e. The third-order valence-electron chi connectivity index (χ3n) is 5.28. The molecule has 0 spiro atoms. The van der Waals surface area contributed by atoms with Crippen molar-refractivity contribution >= 4 is 11.7 Å². The van der Waals surface area contributed by atoms with Gasteiger partial charge in [0.05, 0.1) is 6.10 Å². The van der Waals surface area contributed by atoms with Crippen LogP contribution in [0.5, 0.6) is 5.75 Å². The molecule has 0 unspecified atom stereocenters. The van der Waals surface area contributed by atoms with Crippen molar-refractivity contribution in [3.8, 4) is 5.75 Å². The summed E-state index contributed by atoms with van der Waals surface area (Å²) >= 11 is 0. The molecule has 0 saturated carbocycles. The number of Topliss-reactive ketones (excluding diaryl/α,β-unsaturated/α-hetero) is 1. The van der Waals surface area contributed by atoms with Crippen molar-refractivity contribution < 1.29 is 23.6 Å². The second-order valence-electron chi connectivity index (χ2n) is 7.72. The van der Waals surface area contributed by atoms with Gasteiger partial charge in [-0.25, -0.2) is 0 Å². The Morgan fingerprint density at radius 2 is 1.94 bits per heavy atom. The van der Waals surface area contributed by atoms with Crippen LogP contribution < -0.4 is 4.74 Å². The number of hydrogen-bond acceptors (Lipinski definition) is 7. The normalized spacial score (nSPS) is 15.5. The fourth-order valence-electron chi connectivity index (χ4n) is 3.55. The fourth-order valence-corrected chi connectivity index (χ4v) is 3.55. The molecule has 1 fully saturated rings. The van der Waals surface area contributed by atoms with Crippen molar-refractivity contribution in [1.29, 1.82) is 0 Å². The van der Waals surface area contributed by atoms with Gasteiger partial charge in [0.15, 0.2) is 17.2 Å². The molecule has 0 bridgehead atoms. The lowest BCUT2D eigenvalue weighted by molar-refractivity contribution is 0.0499. The molecule has 4 rings (SSSR count). The van der Waals surface area contributed by atoms with Crippen molar-refractivity contribution in [3.05, 3.63) is 77.4 Å². The number of pyridine rings is 1. The average Bonchev–Trinajstić information content (AvgIpc) is 3.50. The molecule has 8 heteroatoms. The van der Waals surface area contributed by atoms with Crippen LogP contribution in [0.4, 0.5) is 0 Å². The number of ether oxygens (including phenoxy) is 2.